The third-order valence-corrected chi connectivity index (χ3v) is 4.41. The molecule has 1 aromatic carbocycles. The molecule has 23 heavy (non-hydrogen) atoms. The molecule has 0 amide bonds. The van der Waals surface area contributed by atoms with Gasteiger partial charge in [-0.2, -0.15) is 4.98 Å². The maximum atomic E-state index is 9.26. The number of anilines is 2. The number of aliphatic hydroxyl groups excluding tert-OH is 1. The normalized spacial score (nSPS) is 19.9. The van der Waals surface area contributed by atoms with Crippen LogP contribution in [-0.4, -0.2) is 28.2 Å². The van der Waals surface area contributed by atoms with Gasteiger partial charge in [-0.15, -0.1) is 0 Å². The SMILES string of the molecule is Nc1ncc(Oc2ccc(Cl)cc2)c(NC[C@@H]2CC[C@@H]2CO)n1. The van der Waals surface area contributed by atoms with Crippen LogP contribution in [0, 0.1) is 11.8 Å². The monoisotopic (exact) mass is 334 g/mol. The molecule has 2 aromatic rings. The lowest BCUT2D eigenvalue weighted by Gasteiger charge is -2.35. The number of aromatic nitrogens is 2. The summed E-state index contributed by atoms with van der Waals surface area (Å²) in [5.41, 5.74) is 5.67. The highest BCUT2D eigenvalue weighted by atomic mass is 35.5. The van der Waals surface area contributed by atoms with Gasteiger partial charge in [0, 0.05) is 18.2 Å². The molecule has 2 atom stereocenters. The van der Waals surface area contributed by atoms with E-state index >= 15 is 0 Å². The van der Waals surface area contributed by atoms with Crippen LogP contribution in [0.2, 0.25) is 5.02 Å². The number of aliphatic hydroxyl groups is 1. The van der Waals surface area contributed by atoms with Crippen molar-refractivity contribution in [2.45, 2.75) is 12.8 Å². The van der Waals surface area contributed by atoms with Gasteiger partial charge in [0.05, 0.1) is 6.20 Å². The highest BCUT2D eigenvalue weighted by molar-refractivity contribution is 6.30. The van der Waals surface area contributed by atoms with Crippen LogP contribution in [0.15, 0.2) is 30.5 Å². The topological polar surface area (TPSA) is 93.3 Å². The highest BCUT2D eigenvalue weighted by Gasteiger charge is 2.30. The highest BCUT2D eigenvalue weighted by Crippen LogP contribution is 2.35. The second-order valence-electron chi connectivity index (χ2n) is 5.66. The Bertz CT molecular complexity index is 664. The van der Waals surface area contributed by atoms with E-state index in [2.05, 4.69) is 15.3 Å². The number of halogens is 1. The molecule has 1 fully saturated rings. The Morgan fingerprint density at radius 1 is 1.26 bits per heavy atom. The largest absolute Gasteiger partial charge is 0.452 e. The third-order valence-electron chi connectivity index (χ3n) is 4.16. The van der Waals surface area contributed by atoms with Crippen molar-refractivity contribution in [2.24, 2.45) is 11.8 Å². The minimum Gasteiger partial charge on any atom is -0.452 e. The molecule has 0 spiro atoms. The minimum atomic E-state index is 0.184. The van der Waals surface area contributed by atoms with Gasteiger partial charge in [-0.3, -0.25) is 0 Å². The quantitative estimate of drug-likeness (QED) is 0.752. The number of nitrogen functional groups attached to an aromatic ring is 1. The molecule has 1 aromatic heterocycles. The van der Waals surface area contributed by atoms with Gasteiger partial charge in [0.25, 0.3) is 0 Å². The van der Waals surface area contributed by atoms with Crippen LogP contribution in [0.4, 0.5) is 11.8 Å². The Morgan fingerprint density at radius 2 is 2.00 bits per heavy atom. The maximum absolute atomic E-state index is 9.26. The number of nitrogens with zero attached hydrogens (tertiary/aromatic N) is 2. The van der Waals surface area contributed by atoms with E-state index in [1.807, 2.05) is 0 Å². The lowest BCUT2D eigenvalue weighted by Crippen LogP contribution is -2.34. The number of rotatable bonds is 6. The molecule has 1 aliphatic carbocycles. The number of nitrogens with one attached hydrogen (secondary N) is 1. The van der Waals surface area contributed by atoms with Gasteiger partial charge in [0.15, 0.2) is 11.6 Å². The zero-order chi connectivity index (χ0) is 16.2. The smallest absolute Gasteiger partial charge is 0.222 e. The number of nitrogens with two attached hydrogens (primary N) is 1. The van der Waals surface area contributed by atoms with Gasteiger partial charge in [-0.1, -0.05) is 11.6 Å². The fourth-order valence-electron chi connectivity index (χ4n) is 2.59. The molecule has 1 aliphatic rings. The Kier molecular flexibility index (Phi) is 4.83. The van der Waals surface area contributed by atoms with Crippen molar-refractivity contribution in [2.75, 3.05) is 24.2 Å². The summed E-state index contributed by atoms with van der Waals surface area (Å²) in [6.07, 6.45) is 3.72. The molecule has 122 valence electrons. The summed E-state index contributed by atoms with van der Waals surface area (Å²) in [7, 11) is 0. The second-order valence-corrected chi connectivity index (χ2v) is 6.09. The van der Waals surface area contributed by atoms with Gasteiger partial charge in [-0.25, -0.2) is 4.98 Å². The predicted molar refractivity (Wildman–Crippen MR) is 89.8 cm³/mol. The molecule has 0 unspecified atom stereocenters. The van der Waals surface area contributed by atoms with E-state index in [0.717, 1.165) is 19.4 Å². The van der Waals surface area contributed by atoms with Crippen LogP contribution < -0.4 is 15.8 Å². The van der Waals surface area contributed by atoms with Gasteiger partial charge >= 0.3 is 0 Å². The molecule has 0 bridgehead atoms. The fourth-order valence-corrected chi connectivity index (χ4v) is 2.72. The zero-order valence-corrected chi connectivity index (χ0v) is 13.3. The van der Waals surface area contributed by atoms with Gasteiger partial charge in [0.2, 0.25) is 5.95 Å². The van der Waals surface area contributed by atoms with E-state index in [9.17, 15) is 5.11 Å². The first-order valence-corrected chi connectivity index (χ1v) is 7.94. The van der Waals surface area contributed by atoms with Crippen molar-refractivity contribution >= 4 is 23.4 Å². The van der Waals surface area contributed by atoms with Gasteiger partial charge in [0.1, 0.15) is 5.75 Å². The summed E-state index contributed by atoms with van der Waals surface area (Å²) in [5, 5.41) is 13.2. The molecule has 1 saturated carbocycles. The molecular weight excluding hydrogens is 316 g/mol. The van der Waals surface area contributed by atoms with E-state index in [0.29, 0.717) is 34.2 Å². The van der Waals surface area contributed by atoms with Crippen LogP contribution in [0.25, 0.3) is 0 Å². The third kappa shape index (κ3) is 3.83. The number of benzene rings is 1. The van der Waals surface area contributed by atoms with Crippen LogP contribution in [0.1, 0.15) is 12.8 Å². The summed E-state index contributed by atoms with van der Waals surface area (Å²) in [6.45, 7) is 0.949. The standard InChI is InChI=1S/C16H19ClN4O2/c17-12-3-5-13(6-4-12)23-14-8-20-16(18)21-15(14)19-7-10-1-2-11(10)9-22/h3-6,8,10-11,22H,1-2,7,9H2,(H3,18,19,20,21)/t10-,11+/m0/s1. The zero-order valence-electron chi connectivity index (χ0n) is 12.6. The Balaban J connectivity index is 1.71. The average Bonchev–Trinajstić information content (AvgIpc) is 2.51. The molecule has 3 rings (SSSR count). The summed E-state index contributed by atoms with van der Waals surface area (Å²) in [4.78, 5) is 8.19. The first-order valence-electron chi connectivity index (χ1n) is 7.56. The van der Waals surface area contributed by atoms with Crippen LogP contribution in [-0.2, 0) is 0 Å². The van der Waals surface area contributed by atoms with Crippen molar-refractivity contribution in [1.82, 2.24) is 9.97 Å². The number of hydrogen-bond acceptors (Lipinski definition) is 6. The van der Waals surface area contributed by atoms with Crippen LogP contribution in [0.3, 0.4) is 0 Å². The fraction of sp³-hybridized carbons (Fsp3) is 0.375. The molecular formula is C16H19ClN4O2. The molecule has 7 heteroatoms. The van der Waals surface area contributed by atoms with E-state index < -0.39 is 0 Å². The Morgan fingerprint density at radius 3 is 2.65 bits per heavy atom. The van der Waals surface area contributed by atoms with Crippen molar-refractivity contribution in [3.8, 4) is 11.5 Å². The summed E-state index contributed by atoms with van der Waals surface area (Å²) < 4.78 is 5.81. The van der Waals surface area contributed by atoms with Gasteiger partial charge < -0.3 is 20.9 Å². The lowest BCUT2D eigenvalue weighted by atomic mass is 9.74. The van der Waals surface area contributed by atoms with E-state index in [1.165, 1.54) is 0 Å². The average molecular weight is 335 g/mol. The molecule has 0 aliphatic heterocycles. The second kappa shape index (κ2) is 7.02. The van der Waals surface area contributed by atoms with Crippen molar-refractivity contribution in [1.29, 1.82) is 0 Å². The predicted octanol–water partition coefficient (Wildman–Crippen LogP) is 2.93. The Labute approximate surface area is 139 Å². The molecule has 0 radical (unpaired) electrons. The maximum Gasteiger partial charge on any atom is 0.222 e. The van der Waals surface area contributed by atoms with Crippen molar-refractivity contribution < 1.29 is 9.84 Å². The molecule has 4 N–H and O–H groups in total. The molecule has 1 heterocycles. The number of hydrogen-bond donors (Lipinski definition) is 3. The first kappa shape index (κ1) is 15.8. The lowest BCUT2D eigenvalue weighted by molar-refractivity contribution is 0.0989. The van der Waals surface area contributed by atoms with Crippen molar-refractivity contribution in [3.63, 3.8) is 0 Å². The molecule has 6 nitrogen and oxygen atoms in total. The van der Waals surface area contributed by atoms with Crippen LogP contribution in [0.5, 0.6) is 11.5 Å². The van der Waals surface area contributed by atoms with E-state index in [-0.39, 0.29) is 12.6 Å². The van der Waals surface area contributed by atoms with E-state index in [1.54, 1.807) is 30.5 Å². The first-order chi connectivity index (χ1) is 11.2. The van der Waals surface area contributed by atoms with Crippen molar-refractivity contribution in [3.05, 3.63) is 35.5 Å². The summed E-state index contributed by atoms with van der Waals surface area (Å²) in [6, 6.07) is 7.05. The Hall–Kier alpha value is -2.05. The van der Waals surface area contributed by atoms with Crippen LogP contribution >= 0.6 is 11.6 Å². The van der Waals surface area contributed by atoms with Gasteiger partial charge in [-0.05, 0) is 48.9 Å². The summed E-state index contributed by atoms with van der Waals surface area (Å²) in [5.74, 6) is 2.69. The van der Waals surface area contributed by atoms with E-state index in [4.69, 9.17) is 22.1 Å². The summed E-state index contributed by atoms with van der Waals surface area (Å²) >= 11 is 5.87. The molecule has 0 saturated heterocycles. The minimum absolute atomic E-state index is 0.184. The number of ether oxygens (including phenoxy) is 1.